The predicted octanol–water partition coefficient (Wildman–Crippen LogP) is 3.02. The average molecular weight is 230 g/mol. The largest absolute Gasteiger partial charge is 0.458 e. The van der Waals surface area contributed by atoms with Gasteiger partial charge in [0.15, 0.2) is 0 Å². The lowest BCUT2D eigenvalue weighted by Crippen LogP contribution is -2.29. The van der Waals surface area contributed by atoms with Gasteiger partial charge in [0.25, 0.3) is 0 Å². The number of hydrogen-bond acceptors (Lipinski definition) is 2. The van der Waals surface area contributed by atoms with E-state index in [9.17, 15) is 4.79 Å². The van der Waals surface area contributed by atoms with Crippen molar-refractivity contribution in [2.75, 3.05) is 0 Å². The Labute approximate surface area is 102 Å². The summed E-state index contributed by atoms with van der Waals surface area (Å²) in [5.74, 6) is 0.837. The lowest BCUT2D eigenvalue weighted by atomic mass is 9.80. The second-order valence-electron chi connectivity index (χ2n) is 5.51. The first kappa shape index (κ1) is 10.8. The average Bonchev–Trinajstić information content (AvgIpc) is 2.75. The molecule has 3 rings (SSSR count). The summed E-state index contributed by atoms with van der Waals surface area (Å²) >= 11 is 0. The number of carbonyl (C=O) groups is 1. The molecule has 2 fully saturated rings. The summed E-state index contributed by atoms with van der Waals surface area (Å²) in [4.78, 5) is 11.7. The van der Waals surface area contributed by atoms with Crippen molar-refractivity contribution in [1.82, 2.24) is 0 Å². The molecule has 1 saturated heterocycles. The van der Waals surface area contributed by atoms with Crippen LogP contribution in [0.2, 0.25) is 0 Å². The minimum atomic E-state index is -0.189. The van der Waals surface area contributed by atoms with Crippen LogP contribution in [0.25, 0.3) is 0 Å². The molecular formula is C15H18O2. The van der Waals surface area contributed by atoms with Crippen LogP contribution in [0.1, 0.15) is 26.2 Å². The van der Waals surface area contributed by atoms with Crippen LogP contribution in [0.4, 0.5) is 0 Å². The van der Waals surface area contributed by atoms with E-state index in [0.29, 0.717) is 17.4 Å². The highest BCUT2D eigenvalue weighted by atomic mass is 16.6. The highest BCUT2D eigenvalue weighted by molar-refractivity contribution is 5.91. The lowest BCUT2D eigenvalue weighted by molar-refractivity contribution is -0.141. The third-order valence-corrected chi connectivity index (χ3v) is 4.66. The Morgan fingerprint density at radius 3 is 2.88 bits per heavy atom. The van der Waals surface area contributed by atoms with Gasteiger partial charge in [-0.15, -0.1) is 0 Å². The molecule has 1 saturated carbocycles. The summed E-state index contributed by atoms with van der Waals surface area (Å²) in [5, 5.41) is 0. The summed E-state index contributed by atoms with van der Waals surface area (Å²) in [7, 11) is 0. The zero-order valence-electron chi connectivity index (χ0n) is 10.2. The summed E-state index contributed by atoms with van der Waals surface area (Å²) < 4.78 is 5.57. The van der Waals surface area contributed by atoms with Crippen molar-refractivity contribution in [3.63, 3.8) is 0 Å². The topological polar surface area (TPSA) is 26.3 Å². The van der Waals surface area contributed by atoms with Gasteiger partial charge in [-0.05, 0) is 32.1 Å². The van der Waals surface area contributed by atoms with Crippen molar-refractivity contribution in [1.29, 1.82) is 0 Å². The van der Waals surface area contributed by atoms with Crippen LogP contribution in [-0.4, -0.2) is 12.1 Å². The predicted molar refractivity (Wildman–Crippen MR) is 66.2 cm³/mol. The van der Waals surface area contributed by atoms with Crippen LogP contribution < -0.4 is 0 Å². The van der Waals surface area contributed by atoms with Crippen molar-refractivity contribution in [2.24, 2.45) is 17.8 Å². The molecule has 0 N–H and O–H groups in total. The Hall–Kier alpha value is -1.31. The zero-order valence-corrected chi connectivity index (χ0v) is 10.2. The standard InChI is InChI=1S/C15H18O2/c1-8-4-7-12-10(3)15(16)17-14(12)13-9(2)5-6-11(8)13/h5,11-14H,1,3-4,6-7H2,2H3. The fraction of sp³-hybridized carbons (Fsp3) is 0.533. The minimum Gasteiger partial charge on any atom is -0.458 e. The van der Waals surface area contributed by atoms with E-state index in [0.717, 1.165) is 19.3 Å². The first-order valence-corrected chi connectivity index (χ1v) is 6.33. The fourth-order valence-corrected chi connectivity index (χ4v) is 3.64. The highest BCUT2D eigenvalue weighted by Crippen LogP contribution is 2.49. The molecular weight excluding hydrogens is 212 g/mol. The quantitative estimate of drug-likeness (QED) is 0.363. The van der Waals surface area contributed by atoms with Gasteiger partial charge in [0.2, 0.25) is 0 Å². The van der Waals surface area contributed by atoms with Crippen LogP contribution in [0.15, 0.2) is 36.0 Å². The normalized spacial score (nSPS) is 40.5. The van der Waals surface area contributed by atoms with Gasteiger partial charge in [0.1, 0.15) is 6.10 Å². The van der Waals surface area contributed by atoms with E-state index >= 15 is 0 Å². The minimum absolute atomic E-state index is 0.0120. The molecule has 4 atom stereocenters. The van der Waals surface area contributed by atoms with E-state index < -0.39 is 0 Å². The Bertz CT molecular complexity index is 444. The van der Waals surface area contributed by atoms with Crippen molar-refractivity contribution < 1.29 is 9.53 Å². The summed E-state index contributed by atoms with van der Waals surface area (Å²) in [6.07, 6.45) is 5.31. The van der Waals surface area contributed by atoms with Crippen LogP contribution >= 0.6 is 0 Å². The van der Waals surface area contributed by atoms with Crippen molar-refractivity contribution in [2.45, 2.75) is 32.3 Å². The number of fused-ring (bicyclic) bond motifs is 3. The molecule has 90 valence electrons. The molecule has 4 unspecified atom stereocenters. The Balaban J connectivity index is 2.00. The number of hydrogen-bond donors (Lipinski definition) is 0. The second kappa shape index (κ2) is 3.59. The fourth-order valence-electron chi connectivity index (χ4n) is 3.64. The molecule has 2 heteroatoms. The number of carbonyl (C=O) groups excluding carboxylic acids is 1. The number of rotatable bonds is 0. The Kier molecular flexibility index (Phi) is 2.29. The van der Waals surface area contributed by atoms with Crippen LogP contribution in [0.5, 0.6) is 0 Å². The Morgan fingerprint density at radius 2 is 2.12 bits per heavy atom. The first-order valence-electron chi connectivity index (χ1n) is 6.33. The van der Waals surface area contributed by atoms with E-state index in [4.69, 9.17) is 4.74 Å². The molecule has 0 amide bonds. The first-order chi connectivity index (χ1) is 8.09. The monoisotopic (exact) mass is 230 g/mol. The molecule has 1 heterocycles. The third kappa shape index (κ3) is 1.43. The zero-order chi connectivity index (χ0) is 12.2. The maximum absolute atomic E-state index is 11.7. The smallest absolute Gasteiger partial charge is 0.334 e. The van der Waals surface area contributed by atoms with Gasteiger partial charge < -0.3 is 4.74 Å². The molecule has 1 aliphatic heterocycles. The van der Waals surface area contributed by atoms with E-state index in [1.807, 2.05) is 0 Å². The van der Waals surface area contributed by atoms with Crippen LogP contribution in [-0.2, 0) is 9.53 Å². The van der Waals surface area contributed by atoms with Gasteiger partial charge in [-0.25, -0.2) is 4.79 Å². The van der Waals surface area contributed by atoms with E-state index in [-0.39, 0.29) is 18.0 Å². The van der Waals surface area contributed by atoms with Crippen molar-refractivity contribution in [3.05, 3.63) is 36.0 Å². The molecule has 2 aliphatic carbocycles. The molecule has 2 nitrogen and oxygen atoms in total. The maximum Gasteiger partial charge on any atom is 0.334 e. The molecule has 0 bridgehead atoms. The maximum atomic E-state index is 11.7. The number of allylic oxidation sites excluding steroid dienone is 2. The SMILES string of the molecule is C=C1C(=O)OC2C1CCC(=C)C1CC=C(C)C12. The van der Waals surface area contributed by atoms with E-state index in [1.54, 1.807) is 0 Å². The van der Waals surface area contributed by atoms with Gasteiger partial charge in [-0.2, -0.15) is 0 Å². The molecule has 0 aromatic carbocycles. The summed E-state index contributed by atoms with van der Waals surface area (Å²) in [5.41, 5.74) is 3.35. The molecule has 3 aliphatic rings. The number of ether oxygens (including phenoxy) is 1. The van der Waals surface area contributed by atoms with Crippen LogP contribution in [0, 0.1) is 17.8 Å². The van der Waals surface area contributed by atoms with Gasteiger partial charge in [0, 0.05) is 17.4 Å². The third-order valence-electron chi connectivity index (χ3n) is 4.66. The van der Waals surface area contributed by atoms with E-state index in [2.05, 4.69) is 26.2 Å². The van der Waals surface area contributed by atoms with Crippen molar-refractivity contribution in [3.8, 4) is 0 Å². The summed E-state index contributed by atoms with van der Waals surface area (Å²) in [6, 6.07) is 0. The second-order valence-corrected chi connectivity index (χ2v) is 5.51. The van der Waals surface area contributed by atoms with Gasteiger partial charge in [0.05, 0.1) is 0 Å². The lowest BCUT2D eigenvalue weighted by Gasteiger charge is -2.27. The molecule has 0 radical (unpaired) electrons. The van der Waals surface area contributed by atoms with Gasteiger partial charge in [-0.1, -0.05) is 30.4 Å². The highest BCUT2D eigenvalue weighted by Gasteiger charge is 2.49. The summed E-state index contributed by atoms with van der Waals surface area (Å²) in [6.45, 7) is 10.3. The van der Waals surface area contributed by atoms with Crippen molar-refractivity contribution >= 4 is 5.97 Å². The molecule has 17 heavy (non-hydrogen) atoms. The molecule has 0 spiro atoms. The van der Waals surface area contributed by atoms with Gasteiger partial charge >= 0.3 is 5.97 Å². The van der Waals surface area contributed by atoms with Crippen LogP contribution in [0.3, 0.4) is 0 Å². The molecule has 0 aromatic rings. The Morgan fingerprint density at radius 1 is 1.35 bits per heavy atom. The van der Waals surface area contributed by atoms with E-state index in [1.165, 1.54) is 11.1 Å². The molecule has 0 aromatic heterocycles. The van der Waals surface area contributed by atoms with Gasteiger partial charge in [-0.3, -0.25) is 0 Å². The number of esters is 1.